The molecule has 0 bridgehead atoms. The molecule has 3 rings (SSSR count). The third-order valence-corrected chi connectivity index (χ3v) is 5.81. The number of pyridine rings is 1. The molecule has 146 valence electrons. The average molecular weight is 391 g/mol. The largest absolute Gasteiger partial charge is 0.479 e. The van der Waals surface area contributed by atoms with Crippen molar-refractivity contribution in [2.24, 2.45) is 0 Å². The molecule has 1 aliphatic rings. The Morgan fingerprint density at radius 2 is 1.93 bits per heavy atom. The number of hydrogen-bond acceptors (Lipinski definition) is 6. The molecule has 8 heteroatoms. The van der Waals surface area contributed by atoms with Crippen molar-refractivity contribution >= 4 is 15.7 Å². The first-order valence-corrected chi connectivity index (χ1v) is 10.4. The molecular formula is C19H25N3O4S. The van der Waals surface area contributed by atoms with Gasteiger partial charge in [0, 0.05) is 12.6 Å². The zero-order chi connectivity index (χ0) is 19.4. The lowest BCUT2D eigenvalue weighted by Crippen LogP contribution is -2.20. The van der Waals surface area contributed by atoms with E-state index in [2.05, 4.69) is 28.9 Å². The van der Waals surface area contributed by atoms with Crippen LogP contribution in [0.5, 0.6) is 11.8 Å². The van der Waals surface area contributed by atoms with Crippen LogP contribution < -0.4 is 19.5 Å². The van der Waals surface area contributed by atoms with Crippen molar-refractivity contribution in [3.8, 4) is 11.8 Å². The molecular weight excluding hydrogens is 366 g/mol. The minimum absolute atomic E-state index is 0.0595. The van der Waals surface area contributed by atoms with Crippen LogP contribution in [-0.4, -0.2) is 39.7 Å². The van der Waals surface area contributed by atoms with Crippen molar-refractivity contribution in [2.75, 3.05) is 24.9 Å². The minimum Gasteiger partial charge on any atom is -0.479 e. The highest BCUT2D eigenvalue weighted by Gasteiger charge is 2.20. The monoisotopic (exact) mass is 391 g/mol. The first-order chi connectivity index (χ1) is 12.9. The van der Waals surface area contributed by atoms with Gasteiger partial charge in [0.1, 0.15) is 11.8 Å². The lowest BCUT2D eigenvalue weighted by molar-refractivity contribution is 0.211. The van der Waals surface area contributed by atoms with Gasteiger partial charge in [-0.3, -0.25) is 4.72 Å². The molecule has 27 heavy (non-hydrogen) atoms. The summed E-state index contributed by atoms with van der Waals surface area (Å²) in [5, 5.41) is 3.22. The molecule has 2 heterocycles. The summed E-state index contributed by atoms with van der Waals surface area (Å²) in [7, 11) is -2.30. The van der Waals surface area contributed by atoms with Gasteiger partial charge in [-0.05, 0) is 42.6 Å². The van der Waals surface area contributed by atoms with E-state index in [0.717, 1.165) is 25.1 Å². The van der Waals surface area contributed by atoms with Crippen molar-refractivity contribution in [1.82, 2.24) is 10.3 Å². The van der Waals surface area contributed by atoms with Crippen molar-refractivity contribution in [2.45, 2.75) is 37.2 Å². The summed E-state index contributed by atoms with van der Waals surface area (Å²) in [6, 6.07) is 10.1. The molecule has 0 radical (unpaired) electrons. The minimum atomic E-state index is -3.74. The van der Waals surface area contributed by atoms with Crippen LogP contribution in [0.3, 0.4) is 0 Å². The van der Waals surface area contributed by atoms with E-state index in [-0.39, 0.29) is 22.6 Å². The van der Waals surface area contributed by atoms with E-state index in [1.54, 1.807) is 24.3 Å². The first-order valence-electron chi connectivity index (χ1n) is 8.94. The Labute approximate surface area is 160 Å². The molecule has 0 spiro atoms. The number of rotatable bonds is 7. The fourth-order valence-corrected chi connectivity index (χ4v) is 3.91. The molecule has 1 aliphatic heterocycles. The van der Waals surface area contributed by atoms with Crippen LogP contribution in [-0.2, 0) is 10.0 Å². The van der Waals surface area contributed by atoms with Crippen molar-refractivity contribution in [3.63, 3.8) is 0 Å². The normalized spacial score (nSPS) is 17.1. The number of benzene rings is 1. The molecule has 1 unspecified atom stereocenters. The van der Waals surface area contributed by atoms with E-state index in [1.807, 2.05) is 12.1 Å². The summed E-state index contributed by atoms with van der Waals surface area (Å²) in [5.41, 5.74) is 1.35. The molecule has 0 saturated carbocycles. The quantitative estimate of drug-likeness (QED) is 0.754. The Balaban J connectivity index is 1.78. The topological polar surface area (TPSA) is 89.6 Å². The number of methoxy groups -OCH3 is 1. The predicted molar refractivity (Wildman–Crippen MR) is 104 cm³/mol. The lowest BCUT2D eigenvalue weighted by Gasteiger charge is -2.15. The third kappa shape index (κ3) is 4.70. The van der Waals surface area contributed by atoms with Crippen LogP contribution in [0.1, 0.15) is 31.7 Å². The molecule has 1 saturated heterocycles. The second-order valence-corrected chi connectivity index (χ2v) is 8.45. The third-order valence-electron chi connectivity index (χ3n) is 4.43. The van der Waals surface area contributed by atoms with Crippen LogP contribution in [0, 0.1) is 0 Å². The highest BCUT2D eigenvalue weighted by molar-refractivity contribution is 7.92. The molecule has 1 atom stereocenters. The predicted octanol–water partition coefficient (Wildman–Crippen LogP) is 2.76. The van der Waals surface area contributed by atoms with Crippen LogP contribution >= 0.6 is 0 Å². The van der Waals surface area contributed by atoms with Crippen LogP contribution in [0.25, 0.3) is 0 Å². The first kappa shape index (κ1) is 19.4. The van der Waals surface area contributed by atoms with Gasteiger partial charge in [-0.15, -0.1) is 0 Å². The van der Waals surface area contributed by atoms with E-state index in [9.17, 15) is 8.42 Å². The van der Waals surface area contributed by atoms with Crippen LogP contribution in [0.2, 0.25) is 0 Å². The van der Waals surface area contributed by atoms with E-state index in [4.69, 9.17) is 9.47 Å². The molecule has 2 aromatic rings. The fraction of sp³-hybridized carbons (Fsp3) is 0.421. The Morgan fingerprint density at radius 3 is 2.52 bits per heavy atom. The number of nitrogens with one attached hydrogen (secondary N) is 2. The van der Waals surface area contributed by atoms with Crippen LogP contribution in [0.15, 0.2) is 41.3 Å². The number of hydrogen-bond donors (Lipinski definition) is 2. The number of nitrogens with zero attached hydrogens (tertiary/aromatic N) is 1. The Morgan fingerprint density at radius 1 is 1.19 bits per heavy atom. The lowest BCUT2D eigenvalue weighted by atomic mass is 10.0. The van der Waals surface area contributed by atoms with Gasteiger partial charge < -0.3 is 14.8 Å². The highest BCUT2D eigenvalue weighted by atomic mass is 32.2. The number of ether oxygens (including phenoxy) is 2. The van der Waals surface area contributed by atoms with Crippen molar-refractivity contribution in [3.05, 3.63) is 42.0 Å². The summed E-state index contributed by atoms with van der Waals surface area (Å²) in [6.07, 6.45) is 0.967. The maximum absolute atomic E-state index is 12.7. The maximum Gasteiger partial charge on any atom is 0.262 e. The summed E-state index contributed by atoms with van der Waals surface area (Å²) >= 11 is 0. The molecule has 1 aromatic carbocycles. The zero-order valence-electron chi connectivity index (χ0n) is 15.7. The van der Waals surface area contributed by atoms with Gasteiger partial charge >= 0.3 is 0 Å². The summed E-state index contributed by atoms with van der Waals surface area (Å²) in [4.78, 5) is 4.46. The van der Waals surface area contributed by atoms with Gasteiger partial charge in [-0.25, -0.2) is 8.42 Å². The van der Waals surface area contributed by atoms with E-state index >= 15 is 0 Å². The van der Waals surface area contributed by atoms with Gasteiger partial charge in [0.15, 0.2) is 0 Å². The SMILES string of the molecule is COc1nc(OC2CCNC2)ccc1NS(=O)(=O)c1ccc(C(C)C)cc1. The molecule has 1 fully saturated rings. The van der Waals surface area contributed by atoms with Gasteiger partial charge in [-0.1, -0.05) is 26.0 Å². The molecule has 0 amide bonds. The van der Waals surface area contributed by atoms with E-state index < -0.39 is 10.0 Å². The summed E-state index contributed by atoms with van der Waals surface area (Å²) < 4.78 is 38.9. The number of aromatic nitrogens is 1. The number of anilines is 1. The average Bonchev–Trinajstić information content (AvgIpc) is 3.16. The molecule has 2 N–H and O–H groups in total. The smallest absolute Gasteiger partial charge is 0.262 e. The Kier molecular flexibility index (Phi) is 5.86. The van der Waals surface area contributed by atoms with Crippen molar-refractivity contribution in [1.29, 1.82) is 0 Å². The van der Waals surface area contributed by atoms with Crippen molar-refractivity contribution < 1.29 is 17.9 Å². The second kappa shape index (κ2) is 8.14. The highest BCUT2D eigenvalue weighted by Crippen LogP contribution is 2.28. The summed E-state index contributed by atoms with van der Waals surface area (Å²) in [5.74, 6) is 0.909. The van der Waals surface area contributed by atoms with Gasteiger partial charge in [0.25, 0.3) is 10.0 Å². The van der Waals surface area contributed by atoms with Gasteiger partial charge in [-0.2, -0.15) is 4.98 Å². The molecule has 0 aliphatic carbocycles. The fourth-order valence-electron chi connectivity index (χ4n) is 2.86. The maximum atomic E-state index is 12.7. The zero-order valence-corrected chi connectivity index (χ0v) is 16.5. The summed E-state index contributed by atoms with van der Waals surface area (Å²) in [6.45, 7) is 5.80. The van der Waals surface area contributed by atoms with E-state index in [0.29, 0.717) is 11.8 Å². The number of sulfonamides is 1. The van der Waals surface area contributed by atoms with E-state index in [1.165, 1.54) is 7.11 Å². The standard InChI is InChI=1S/C19H25N3O4S/c1-13(2)14-4-6-16(7-5-14)27(23,24)22-17-8-9-18(21-19(17)25-3)26-15-10-11-20-12-15/h4-9,13,15,20,22H,10-12H2,1-3H3. The van der Waals surface area contributed by atoms with Gasteiger partial charge in [0.05, 0.1) is 12.0 Å². The van der Waals surface area contributed by atoms with Crippen LogP contribution in [0.4, 0.5) is 5.69 Å². The molecule has 7 nitrogen and oxygen atoms in total. The Hall–Kier alpha value is -2.32. The van der Waals surface area contributed by atoms with Gasteiger partial charge in [0.2, 0.25) is 11.8 Å². The Bertz CT molecular complexity index is 876. The second-order valence-electron chi connectivity index (χ2n) is 6.77. The molecule has 1 aromatic heterocycles.